The van der Waals surface area contributed by atoms with Crippen molar-refractivity contribution in [3.8, 4) is 0 Å². The first-order valence-corrected chi connectivity index (χ1v) is 10.9. The number of benzene rings is 2. The number of halogens is 1. The maximum absolute atomic E-state index is 13.8. The van der Waals surface area contributed by atoms with Crippen LogP contribution in [0, 0.1) is 11.7 Å². The molecule has 1 amide bonds. The van der Waals surface area contributed by atoms with Crippen LogP contribution in [0.5, 0.6) is 0 Å². The average molecular weight is 418 g/mol. The summed E-state index contributed by atoms with van der Waals surface area (Å²) in [6, 6.07) is 11.7. The second kappa shape index (κ2) is 8.84. The van der Waals surface area contributed by atoms with Crippen molar-refractivity contribution < 1.29 is 22.4 Å². The molecule has 0 bridgehead atoms. The first-order chi connectivity index (χ1) is 13.8. The number of hydrogen-bond donors (Lipinski definition) is 1. The van der Waals surface area contributed by atoms with Crippen LogP contribution in [0.1, 0.15) is 40.5 Å². The molecule has 0 saturated carbocycles. The molecule has 2 aromatic rings. The summed E-state index contributed by atoms with van der Waals surface area (Å²) in [6.45, 7) is 2.59. The van der Waals surface area contributed by atoms with E-state index in [0.29, 0.717) is 31.5 Å². The number of piperidine rings is 1. The largest absolute Gasteiger partial charge is 0.339 e. The predicted octanol–water partition coefficient (Wildman–Crippen LogP) is 2.86. The SMILES string of the molecule is CC(=O)c1ccc(S(=O)(=O)NCC2CCN(C(=O)c3ccccc3F)CC2)cc1. The molecule has 1 saturated heterocycles. The molecule has 0 unspecified atom stereocenters. The third-order valence-corrected chi connectivity index (χ3v) is 6.58. The van der Waals surface area contributed by atoms with Crippen LogP contribution in [0.3, 0.4) is 0 Å². The van der Waals surface area contributed by atoms with Crippen molar-refractivity contribution in [1.82, 2.24) is 9.62 Å². The molecule has 1 heterocycles. The Labute approximate surface area is 169 Å². The zero-order chi connectivity index (χ0) is 21.0. The summed E-state index contributed by atoms with van der Waals surface area (Å²) in [6.07, 6.45) is 1.26. The molecule has 3 rings (SSSR count). The Morgan fingerprint density at radius 1 is 1.07 bits per heavy atom. The summed E-state index contributed by atoms with van der Waals surface area (Å²) in [7, 11) is -3.67. The van der Waals surface area contributed by atoms with Crippen molar-refractivity contribution in [3.63, 3.8) is 0 Å². The lowest BCUT2D eigenvalue weighted by Gasteiger charge is -2.32. The van der Waals surface area contributed by atoms with Crippen LogP contribution >= 0.6 is 0 Å². The second-order valence-corrected chi connectivity index (χ2v) is 8.91. The molecule has 0 radical (unpaired) electrons. The van der Waals surface area contributed by atoms with E-state index < -0.39 is 15.8 Å². The van der Waals surface area contributed by atoms with E-state index in [4.69, 9.17) is 0 Å². The van der Waals surface area contributed by atoms with Gasteiger partial charge in [0.2, 0.25) is 10.0 Å². The van der Waals surface area contributed by atoms with E-state index in [1.165, 1.54) is 49.4 Å². The number of hydrogen-bond acceptors (Lipinski definition) is 4. The lowest BCUT2D eigenvalue weighted by molar-refractivity contribution is 0.0687. The van der Waals surface area contributed by atoms with Crippen molar-refractivity contribution >= 4 is 21.7 Å². The van der Waals surface area contributed by atoms with Crippen LogP contribution in [0.2, 0.25) is 0 Å². The summed E-state index contributed by atoms with van der Waals surface area (Å²) < 4.78 is 41.3. The average Bonchev–Trinajstić information content (AvgIpc) is 2.72. The first-order valence-electron chi connectivity index (χ1n) is 9.42. The Balaban J connectivity index is 1.53. The van der Waals surface area contributed by atoms with E-state index in [-0.39, 0.29) is 34.6 Å². The number of carbonyl (C=O) groups is 2. The van der Waals surface area contributed by atoms with E-state index in [9.17, 15) is 22.4 Å². The number of carbonyl (C=O) groups excluding carboxylic acids is 2. The Morgan fingerprint density at radius 3 is 2.28 bits per heavy atom. The van der Waals surface area contributed by atoms with Crippen molar-refractivity contribution in [1.29, 1.82) is 0 Å². The number of nitrogens with one attached hydrogen (secondary N) is 1. The van der Waals surface area contributed by atoms with Gasteiger partial charge in [0, 0.05) is 25.2 Å². The molecule has 1 aliphatic rings. The molecular formula is C21H23FN2O4S. The number of rotatable bonds is 6. The number of amides is 1. The zero-order valence-corrected chi connectivity index (χ0v) is 16.9. The van der Waals surface area contributed by atoms with Crippen molar-refractivity contribution in [2.75, 3.05) is 19.6 Å². The number of ketones is 1. The van der Waals surface area contributed by atoms with Gasteiger partial charge in [-0.25, -0.2) is 17.5 Å². The van der Waals surface area contributed by atoms with Crippen LogP contribution in [0.15, 0.2) is 53.4 Å². The highest BCUT2D eigenvalue weighted by Gasteiger charge is 2.26. The van der Waals surface area contributed by atoms with Gasteiger partial charge in [0.15, 0.2) is 5.78 Å². The van der Waals surface area contributed by atoms with Crippen LogP contribution in [0.25, 0.3) is 0 Å². The van der Waals surface area contributed by atoms with Gasteiger partial charge < -0.3 is 4.90 Å². The van der Waals surface area contributed by atoms with Crippen molar-refractivity contribution in [2.24, 2.45) is 5.92 Å². The standard InChI is InChI=1S/C21H23FN2O4S/c1-15(25)17-6-8-18(9-7-17)29(27,28)23-14-16-10-12-24(13-11-16)21(26)19-4-2-3-5-20(19)22/h2-9,16,23H,10-14H2,1H3. The molecule has 0 atom stereocenters. The predicted molar refractivity (Wildman–Crippen MR) is 107 cm³/mol. The molecule has 8 heteroatoms. The molecule has 1 fully saturated rings. The van der Waals surface area contributed by atoms with E-state index in [1.807, 2.05) is 0 Å². The fourth-order valence-corrected chi connectivity index (χ4v) is 4.44. The number of nitrogens with zero attached hydrogens (tertiary/aromatic N) is 1. The minimum atomic E-state index is -3.67. The summed E-state index contributed by atoms with van der Waals surface area (Å²) in [5, 5.41) is 0. The van der Waals surface area contributed by atoms with E-state index >= 15 is 0 Å². The molecule has 0 spiro atoms. The van der Waals surface area contributed by atoms with Crippen LogP contribution < -0.4 is 4.72 Å². The topological polar surface area (TPSA) is 83.6 Å². The highest BCUT2D eigenvalue weighted by Crippen LogP contribution is 2.20. The van der Waals surface area contributed by atoms with Crippen molar-refractivity contribution in [2.45, 2.75) is 24.7 Å². The minimum Gasteiger partial charge on any atom is -0.339 e. The normalized spacial score (nSPS) is 15.3. The third-order valence-electron chi connectivity index (χ3n) is 5.14. The van der Waals surface area contributed by atoms with E-state index in [0.717, 1.165) is 0 Å². The summed E-state index contributed by atoms with van der Waals surface area (Å²) in [5.41, 5.74) is 0.511. The molecule has 6 nitrogen and oxygen atoms in total. The summed E-state index contributed by atoms with van der Waals surface area (Å²) >= 11 is 0. The van der Waals surface area contributed by atoms with Gasteiger partial charge in [-0.3, -0.25) is 9.59 Å². The molecule has 1 N–H and O–H groups in total. The smallest absolute Gasteiger partial charge is 0.256 e. The van der Waals surface area contributed by atoms with Crippen LogP contribution in [-0.2, 0) is 10.0 Å². The Bertz CT molecular complexity index is 998. The highest BCUT2D eigenvalue weighted by molar-refractivity contribution is 7.89. The summed E-state index contributed by atoms with van der Waals surface area (Å²) in [4.78, 5) is 25.5. The monoisotopic (exact) mass is 418 g/mol. The highest BCUT2D eigenvalue weighted by atomic mass is 32.2. The Morgan fingerprint density at radius 2 is 1.69 bits per heavy atom. The second-order valence-electron chi connectivity index (χ2n) is 7.15. The van der Waals surface area contributed by atoms with Crippen LogP contribution in [-0.4, -0.2) is 44.6 Å². The zero-order valence-electron chi connectivity index (χ0n) is 16.1. The first kappa shape index (κ1) is 21.1. The van der Waals surface area contributed by atoms with Gasteiger partial charge in [-0.2, -0.15) is 0 Å². The Kier molecular flexibility index (Phi) is 6.44. The summed E-state index contributed by atoms with van der Waals surface area (Å²) in [5.74, 6) is -0.916. The molecular weight excluding hydrogens is 395 g/mol. The number of Topliss-reactive ketones (excluding diaryl/α,β-unsaturated/α-hetero) is 1. The maximum atomic E-state index is 13.8. The molecule has 0 aliphatic carbocycles. The van der Waals surface area contributed by atoms with Crippen molar-refractivity contribution in [3.05, 3.63) is 65.5 Å². The Hall–Kier alpha value is -2.58. The van der Waals surface area contributed by atoms with Gasteiger partial charge in [-0.15, -0.1) is 0 Å². The fourth-order valence-electron chi connectivity index (χ4n) is 3.32. The minimum absolute atomic E-state index is 0.0562. The van der Waals surface area contributed by atoms with Gasteiger partial charge in [-0.1, -0.05) is 24.3 Å². The maximum Gasteiger partial charge on any atom is 0.256 e. The lowest BCUT2D eigenvalue weighted by Crippen LogP contribution is -2.41. The van der Waals surface area contributed by atoms with Gasteiger partial charge in [0.25, 0.3) is 5.91 Å². The van der Waals surface area contributed by atoms with Gasteiger partial charge in [0.1, 0.15) is 5.82 Å². The van der Waals surface area contributed by atoms with Gasteiger partial charge in [0.05, 0.1) is 10.5 Å². The van der Waals surface area contributed by atoms with Crippen LogP contribution in [0.4, 0.5) is 4.39 Å². The quantitative estimate of drug-likeness (QED) is 0.732. The molecule has 154 valence electrons. The number of likely N-dealkylation sites (tertiary alicyclic amines) is 1. The molecule has 29 heavy (non-hydrogen) atoms. The third kappa shape index (κ3) is 5.07. The molecule has 2 aromatic carbocycles. The fraction of sp³-hybridized carbons (Fsp3) is 0.333. The van der Waals surface area contributed by atoms with Gasteiger partial charge in [-0.05, 0) is 49.9 Å². The van der Waals surface area contributed by atoms with E-state index in [2.05, 4.69) is 4.72 Å². The van der Waals surface area contributed by atoms with Gasteiger partial charge >= 0.3 is 0 Å². The molecule has 1 aliphatic heterocycles. The lowest BCUT2D eigenvalue weighted by atomic mass is 9.96. The molecule has 0 aromatic heterocycles. The van der Waals surface area contributed by atoms with E-state index in [1.54, 1.807) is 11.0 Å². The number of sulfonamides is 1.